The summed E-state index contributed by atoms with van der Waals surface area (Å²) in [6, 6.07) is 20.9. The van der Waals surface area contributed by atoms with Gasteiger partial charge < -0.3 is 14.8 Å². The van der Waals surface area contributed by atoms with Crippen molar-refractivity contribution >= 4 is 39.3 Å². The Kier molecular flexibility index (Phi) is 6.98. The van der Waals surface area contributed by atoms with E-state index in [2.05, 4.69) is 5.32 Å². The van der Waals surface area contributed by atoms with Gasteiger partial charge in [-0.05, 0) is 35.4 Å². The molecule has 0 atom stereocenters. The molecule has 0 aliphatic carbocycles. The first-order valence-electron chi connectivity index (χ1n) is 10.1. The Balaban J connectivity index is 1.54. The Bertz CT molecular complexity index is 1280. The van der Waals surface area contributed by atoms with Gasteiger partial charge in [0.25, 0.3) is 0 Å². The van der Waals surface area contributed by atoms with E-state index in [9.17, 15) is 13.2 Å². The lowest BCUT2D eigenvalue weighted by Gasteiger charge is -2.20. The number of fused-ring (bicyclic) bond motifs is 1. The molecule has 0 bridgehead atoms. The Morgan fingerprint density at radius 3 is 2.52 bits per heavy atom. The summed E-state index contributed by atoms with van der Waals surface area (Å²) in [6.07, 6.45) is 1.49. The van der Waals surface area contributed by atoms with Crippen LogP contribution < -0.4 is 14.8 Å². The maximum atomic E-state index is 13.1. The standard InChI is InChI=1S/C24H21ClN2O5S/c25-21-9-5-4-8-19(21)15-27(33(29,30)13-12-18-6-2-1-3-7-18)16-24(28)26-20-10-11-22-23(14-20)32-17-31-22/h1-14H,15-17H2,(H,26,28). The molecule has 0 saturated carbocycles. The number of sulfonamides is 1. The number of ether oxygens (including phenoxy) is 2. The van der Waals surface area contributed by atoms with Gasteiger partial charge in [-0.15, -0.1) is 0 Å². The van der Waals surface area contributed by atoms with Gasteiger partial charge in [-0.1, -0.05) is 60.1 Å². The van der Waals surface area contributed by atoms with Crippen LogP contribution in [-0.4, -0.2) is 32.0 Å². The second kappa shape index (κ2) is 10.1. The Hall–Kier alpha value is -3.33. The minimum absolute atomic E-state index is 0.0598. The molecule has 0 spiro atoms. The summed E-state index contributed by atoms with van der Waals surface area (Å²) in [5.74, 6) is 0.596. The fourth-order valence-electron chi connectivity index (χ4n) is 3.20. The lowest BCUT2D eigenvalue weighted by atomic mass is 10.2. The molecule has 0 radical (unpaired) electrons. The topological polar surface area (TPSA) is 84.9 Å². The molecule has 9 heteroatoms. The van der Waals surface area contributed by atoms with Crippen LogP contribution in [0.25, 0.3) is 6.08 Å². The van der Waals surface area contributed by atoms with Crippen molar-refractivity contribution in [2.45, 2.75) is 6.54 Å². The summed E-state index contributed by atoms with van der Waals surface area (Å²) in [5, 5.41) is 4.22. The maximum absolute atomic E-state index is 13.1. The fourth-order valence-corrected chi connectivity index (χ4v) is 4.52. The number of benzene rings is 3. The first-order chi connectivity index (χ1) is 15.9. The van der Waals surface area contributed by atoms with Gasteiger partial charge in [0.1, 0.15) is 0 Å². The quantitative estimate of drug-likeness (QED) is 0.508. The van der Waals surface area contributed by atoms with Gasteiger partial charge in [0, 0.05) is 28.7 Å². The minimum atomic E-state index is -3.94. The third-order valence-corrected chi connectivity index (χ3v) is 6.70. The van der Waals surface area contributed by atoms with Crippen molar-refractivity contribution in [2.75, 3.05) is 18.7 Å². The van der Waals surface area contributed by atoms with Crippen LogP contribution in [0.1, 0.15) is 11.1 Å². The van der Waals surface area contributed by atoms with Crippen molar-refractivity contribution in [3.8, 4) is 11.5 Å². The zero-order valence-electron chi connectivity index (χ0n) is 17.5. The molecule has 170 valence electrons. The van der Waals surface area contributed by atoms with E-state index in [4.69, 9.17) is 21.1 Å². The molecule has 1 aliphatic rings. The second-order valence-corrected chi connectivity index (χ2v) is 9.46. The highest BCUT2D eigenvalue weighted by Gasteiger charge is 2.24. The average Bonchev–Trinajstić information content (AvgIpc) is 3.27. The first-order valence-corrected chi connectivity index (χ1v) is 11.9. The van der Waals surface area contributed by atoms with E-state index in [-0.39, 0.29) is 13.3 Å². The van der Waals surface area contributed by atoms with Crippen LogP contribution in [0.4, 0.5) is 5.69 Å². The Morgan fingerprint density at radius 1 is 1.00 bits per heavy atom. The van der Waals surface area contributed by atoms with Gasteiger partial charge >= 0.3 is 0 Å². The van der Waals surface area contributed by atoms with Crippen LogP contribution in [0.15, 0.2) is 78.2 Å². The van der Waals surface area contributed by atoms with Crippen LogP contribution in [0.2, 0.25) is 5.02 Å². The summed E-state index contributed by atoms with van der Waals surface area (Å²) < 4.78 is 37.9. The number of nitrogens with one attached hydrogen (secondary N) is 1. The molecular formula is C24H21ClN2O5S. The Labute approximate surface area is 197 Å². The van der Waals surface area contributed by atoms with Gasteiger partial charge in [0.2, 0.25) is 22.7 Å². The van der Waals surface area contributed by atoms with E-state index in [1.807, 2.05) is 18.2 Å². The summed E-state index contributed by atoms with van der Waals surface area (Å²) in [4.78, 5) is 12.8. The van der Waals surface area contributed by atoms with Crippen molar-refractivity contribution < 1.29 is 22.7 Å². The Morgan fingerprint density at radius 2 is 1.73 bits per heavy atom. The van der Waals surface area contributed by atoms with Crippen molar-refractivity contribution in [1.29, 1.82) is 0 Å². The number of amides is 1. The minimum Gasteiger partial charge on any atom is -0.454 e. The van der Waals surface area contributed by atoms with Crippen LogP contribution in [0.3, 0.4) is 0 Å². The summed E-state index contributed by atoms with van der Waals surface area (Å²) in [5.41, 5.74) is 1.79. The summed E-state index contributed by atoms with van der Waals surface area (Å²) in [7, 11) is -3.94. The number of rotatable bonds is 8. The molecule has 1 amide bonds. The van der Waals surface area contributed by atoms with Crippen LogP contribution in [-0.2, 0) is 21.4 Å². The third kappa shape index (κ3) is 5.92. The normalized spacial score (nSPS) is 12.9. The lowest BCUT2D eigenvalue weighted by molar-refractivity contribution is -0.116. The zero-order chi connectivity index (χ0) is 23.3. The van der Waals surface area contributed by atoms with E-state index in [1.165, 1.54) is 6.08 Å². The monoisotopic (exact) mass is 484 g/mol. The van der Waals surface area contributed by atoms with E-state index >= 15 is 0 Å². The van der Waals surface area contributed by atoms with Gasteiger partial charge in [-0.3, -0.25) is 4.79 Å². The first kappa shape index (κ1) is 22.8. The molecule has 0 saturated heterocycles. The zero-order valence-corrected chi connectivity index (χ0v) is 19.1. The third-order valence-electron chi connectivity index (χ3n) is 4.87. The highest BCUT2D eigenvalue weighted by Crippen LogP contribution is 2.34. The van der Waals surface area contributed by atoms with Gasteiger partial charge in [0.15, 0.2) is 11.5 Å². The van der Waals surface area contributed by atoms with Gasteiger partial charge in [0.05, 0.1) is 6.54 Å². The summed E-state index contributed by atoms with van der Waals surface area (Å²) in [6.45, 7) is -0.346. The van der Waals surface area contributed by atoms with E-state index in [1.54, 1.807) is 54.6 Å². The van der Waals surface area contributed by atoms with Crippen LogP contribution >= 0.6 is 11.6 Å². The number of carbonyl (C=O) groups excluding carboxylic acids is 1. The number of hydrogen-bond acceptors (Lipinski definition) is 5. The highest BCUT2D eigenvalue weighted by atomic mass is 35.5. The second-order valence-electron chi connectivity index (χ2n) is 7.23. The molecule has 1 aliphatic heterocycles. The molecule has 1 heterocycles. The van der Waals surface area contributed by atoms with Crippen molar-refractivity contribution in [1.82, 2.24) is 4.31 Å². The molecule has 1 N–H and O–H groups in total. The number of carbonyl (C=O) groups is 1. The van der Waals surface area contributed by atoms with Crippen LogP contribution in [0, 0.1) is 0 Å². The highest BCUT2D eigenvalue weighted by molar-refractivity contribution is 7.92. The number of anilines is 1. The van der Waals surface area contributed by atoms with Gasteiger partial charge in [-0.2, -0.15) is 4.31 Å². The van der Waals surface area contributed by atoms with Crippen molar-refractivity contribution in [3.05, 3.63) is 94.4 Å². The lowest BCUT2D eigenvalue weighted by Crippen LogP contribution is -2.36. The predicted molar refractivity (Wildman–Crippen MR) is 127 cm³/mol. The van der Waals surface area contributed by atoms with E-state index < -0.39 is 22.5 Å². The molecular weight excluding hydrogens is 464 g/mol. The predicted octanol–water partition coefficient (Wildman–Crippen LogP) is 4.51. The molecule has 0 unspecified atom stereocenters. The largest absolute Gasteiger partial charge is 0.454 e. The van der Waals surface area contributed by atoms with E-state index in [0.29, 0.717) is 27.8 Å². The smallest absolute Gasteiger partial charge is 0.239 e. The number of hydrogen-bond donors (Lipinski definition) is 1. The van der Waals surface area contributed by atoms with E-state index in [0.717, 1.165) is 15.3 Å². The number of nitrogens with zero attached hydrogens (tertiary/aromatic N) is 1. The van der Waals surface area contributed by atoms with Crippen molar-refractivity contribution in [3.63, 3.8) is 0 Å². The van der Waals surface area contributed by atoms with Crippen molar-refractivity contribution in [2.24, 2.45) is 0 Å². The molecule has 7 nitrogen and oxygen atoms in total. The molecule has 0 fully saturated rings. The molecule has 33 heavy (non-hydrogen) atoms. The molecule has 3 aromatic carbocycles. The SMILES string of the molecule is O=C(CN(Cc1ccccc1Cl)S(=O)(=O)C=Cc1ccccc1)Nc1ccc2c(c1)OCO2. The summed E-state index contributed by atoms with van der Waals surface area (Å²) >= 11 is 6.25. The number of halogens is 1. The maximum Gasteiger partial charge on any atom is 0.239 e. The average molecular weight is 485 g/mol. The molecule has 0 aromatic heterocycles. The van der Waals surface area contributed by atoms with Gasteiger partial charge in [-0.25, -0.2) is 8.42 Å². The fraction of sp³-hybridized carbons (Fsp3) is 0.125. The molecule has 3 aromatic rings. The van der Waals surface area contributed by atoms with Crippen LogP contribution in [0.5, 0.6) is 11.5 Å². The molecule has 4 rings (SSSR count).